The van der Waals surface area contributed by atoms with E-state index in [2.05, 4.69) is 46.8 Å². The number of aromatic amines is 1. The molecule has 1 aliphatic heterocycles. The van der Waals surface area contributed by atoms with Gasteiger partial charge < -0.3 is 15.4 Å². The van der Waals surface area contributed by atoms with Gasteiger partial charge in [0.2, 0.25) is 11.8 Å². The van der Waals surface area contributed by atoms with Crippen LogP contribution in [0.4, 0.5) is 5.95 Å². The van der Waals surface area contributed by atoms with Crippen LogP contribution in [0.15, 0.2) is 42.9 Å². The van der Waals surface area contributed by atoms with Crippen LogP contribution < -0.4 is 15.4 Å². The molecule has 4 heterocycles. The molecule has 2 aliphatic rings. The first-order valence-corrected chi connectivity index (χ1v) is 11.1. The van der Waals surface area contributed by atoms with Gasteiger partial charge in [0.25, 0.3) is 0 Å². The highest BCUT2D eigenvalue weighted by Crippen LogP contribution is 2.30. The molecule has 1 aromatic carbocycles. The normalized spacial score (nSPS) is 18.6. The third kappa shape index (κ3) is 3.99. The zero-order chi connectivity index (χ0) is 21.3. The summed E-state index contributed by atoms with van der Waals surface area (Å²) < 4.78 is 6.05. The van der Waals surface area contributed by atoms with Crippen molar-refractivity contribution < 1.29 is 4.74 Å². The summed E-state index contributed by atoms with van der Waals surface area (Å²) in [7, 11) is 0. The number of anilines is 1. The van der Waals surface area contributed by atoms with Crippen LogP contribution in [0.5, 0.6) is 5.88 Å². The SMILES string of the molecule is c1cc(-c2ccc3[nH]nc(-c4cncc(OC5CCCNC5)n4)c3c2)nc(NC2CC2)n1. The van der Waals surface area contributed by atoms with Crippen LogP contribution in [0.2, 0.25) is 0 Å². The van der Waals surface area contributed by atoms with E-state index in [-0.39, 0.29) is 6.10 Å². The molecular weight excluding hydrogens is 404 g/mol. The van der Waals surface area contributed by atoms with Crippen molar-refractivity contribution in [2.24, 2.45) is 0 Å². The number of nitrogens with one attached hydrogen (secondary N) is 3. The third-order valence-electron chi connectivity index (χ3n) is 5.82. The van der Waals surface area contributed by atoms with Crippen molar-refractivity contribution in [3.63, 3.8) is 0 Å². The largest absolute Gasteiger partial charge is 0.472 e. The van der Waals surface area contributed by atoms with E-state index in [9.17, 15) is 0 Å². The number of rotatable bonds is 6. The van der Waals surface area contributed by atoms with Gasteiger partial charge in [0.15, 0.2) is 0 Å². The molecule has 1 saturated heterocycles. The van der Waals surface area contributed by atoms with Gasteiger partial charge in [-0.15, -0.1) is 0 Å². The first kappa shape index (κ1) is 19.1. The lowest BCUT2D eigenvalue weighted by Crippen LogP contribution is -2.37. The number of hydrogen-bond donors (Lipinski definition) is 3. The molecule has 0 spiro atoms. The minimum Gasteiger partial charge on any atom is -0.472 e. The first-order chi connectivity index (χ1) is 15.8. The van der Waals surface area contributed by atoms with E-state index in [0.717, 1.165) is 53.8 Å². The monoisotopic (exact) mass is 428 g/mol. The van der Waals surface area contributed by atoms with Crippen LogP contribution in [0.3, 0.4) is 0 Å². The highest BCUT2D eigenvalue weighted by Gasteiger charge is 2.22. The van der Waals surface area contributed by atoms with E-state index in [1.165, 1.54) is 12.8 Å². The summed E-state index contributed by atoms with van der Waals surface area (Å²) in [5.74, 6) is 1.19. The Hall–Kier alpha value is -3.59. The fourth-order valence-corrected chi connectivity index (χ4v) is 3.98. The number of nitrogens with zero attached hydrogens (tertiary/aromatic N) is 5. The van der Waals surface area contributed by atoms with Gasteiger partial charge in [-0.1, -0.05) is 6.07 Å². The van der Waals surface area contributed by atoms with Crippen LogP contribution in [0.1, 0.15) is 25.7 Å². The molecule has 4 aromatic rings. The van der Waals surface area contributed by atoms with Crippen LogP contribution in [-0.4, -0.2) is 55.4 Å². The molecule has 9 nitrogen and oxygen atoms in total. The predicted octanol–water partition coefficient (Wildman–Crippen LogP) is 3.18. The number of ether oxygens (including phenoxy) is 1. The van der Waals surface area contributed by atoms with Crippen molar-refractivity contribution in [2.75, 3.05) is 18.4 Å². The van der Waals surface area contributed by atoms with E-state index in [4.69, 9.17) is 4.74 Å². The number of H-pyrrole nitrogens is 1. The van der Waals surface area contributed by atoms with Crippen molar-refractivity contribution in [1.82, 2.24) is 35.5 Å². The molecule has 9 heteroatoms. The van der Waals surface area contributed by atoms with Gasteiger partial charge in [0.05, 0.1) is 23.6 Å². The lowest BCUT2D eigenvalue weighted by molar-refractivity contribution is 0.160. The molecule has 32 heavy (non-hydrogen) atoms. The predicted molar refractivity (Wildman–Crippen MR) is 121 cm³/mol. The van der Waals surface area contributed by atoms with Gasteiger partial charge >= 0.3 is 0 Å². The van der Waals surface area contributed by atoms with E-state index in [0.29, 0.717) is 23.6 Å². The molecule has 1 saturated carbocycles. The lowest BCUT2D eigenvalue weighted by Gasteiger charge is -2.23. The van der Waals surface area contributed by atoms with Gasteiger partial charge in [0, 0.05) is 29.7 Å². The Labute approximate surface area is 185 Å². The van der Waals surface area contributed by atoms with Gasteiger partial charge in [-0.2, -0.15) is 5.10 Å². The molecule has 0 amide bonds. The summed E-state index contributed by atoms with van der Waals surface area (Å²) in [6, 6.07) is 8.56. The molecule has 0 radical (unpaired) electrons. The maximum absolute atomic E-state index is 6.05. The highest BCUT2D eigenvalue weighted by molar-refractivity contribution is 5.94. The van der Waals surface area contributed by atoms with E-state index >= 15 is 0 Å². The number of hydrogen-bond acceptors (Lipinski definition) is 8. The minimum absolute atomic E-state index is 0.118. The lowest BCUT2D eigenvalue weighted by atomic mass is 10.1. The third-order valence-corrected chi connectivity index (χ3v) is 5.82. The molecule has 2 fully saturated rings. The highest BCUT2D eigenvalue weighted by atomic mass is 16.5. The average Bonchev–Trinajstić information content (AvgIpc) is 3.55. The Morgan fingerprint density at radius 2 is 2.00 bits per heavy atom. The minimum atomic E-state index is 0.118. The summed E-state index contributed by atoms with van der Waals surface area (Å²) >= 11 is 0. The molecule has 3 N–H and O–H groups in total. The van der Waals surface area contributed by atoms with Gasteiger partial charge in [-0.05, 0) is 50.4 Å². The molecule has 162 valence electrons. The van der Waals surface area contributed by atoms with Crippen LogP contribution in [0.25, 0.3) is 33.5 Å². The summed E-state index contributed by atoms with van der Waals surface area (Å²) in [6.45, 7) is 1.87. The Bertz CT molecular complexity index is 1250. The smallest absolute Gasteiger partial charge is 0.233 e. The first-order valence-electron chi connectivity index (χ1n) is 11.1. The van der Waals surface area contributed by atoms with Gasteiger partial charge in [0.1, 0.15) is 17.5 Å². The molecule has 3 aromatic heterocycles. The van der Waals surface area contributed by atoms with E-state index in [1.54, 1.807) is 18.6 Å². The Morgan fingerprint density at radius 3 is 2.88 bits per heavy atom. The van der Waals surface area contributed by atoms with Crippen molar-refractivity contribution in [3.8, 4) is 28.5 Å². The Morgan fingerprint density at radius 1 is 1.03 bits per heavy atom. The second-order valence-corrected chi connectivity index (χ2v) is 8.35. The molecule has 0 bridgehead atoms. The number of benzene rings is 1. The molecule has 1 atom stereocenters. The quantitative estimate of drug-likeness (QED) is 0.429. The number of aromatic nitrogens is 6. The fraction of sp³-hybridized carbons (Fsp3) is 0.348. The second-order valence-electron chi connectivity index (χ2n) is 8.35. The Balaban J connectivity index is 1.31. The van der Waals surface area contributed by atoms with Crippen molar-refractivity contribution >= 4 is 16.9 Å². The van der Waals surface area contributed by atoms with Crippen molar-refractivity contribution in [1.29, 1.82) is 0 Å². The Kier molecular flexibility index (Phi) is 4.87. The van der Waals surface area contributed by atoms with Crippen LogP contribution >= 0.6 is 0 Å². The maximum atomic E-state index is 6.05. The summed E-state index contributed by atoms with van der Waals surface area (Å²) in [4.78, 5) is 18.1. The van der Waals surface area contributed by atoms with Crippen LogP contribution in [-0.2, 0) is 0 Å². The van der Waals surface area contributed by atoms with E-state index in [1.807, 2.05) is 18.2 Å². The van der Waals surface area contributed by atoms with Crippen LogP contribution in [0, 0.1) is 0 Å². The number of piperidine rings is 1. The molecule has 1 unspecified atom stereocenters. The summed E-state index contributed by atoms with van der Waals surface area (Å²) in [6.07, 6.45) is 9.77. The topological polar surface area (TPSA) is 114 Å². The zero-order valence-electron chi connectivity index (χ0n) is 17.6. The zero-order valence-corrected chi connectivity index (χ0v) is 17.6. The van der Waals surface area contributed by atoms with Gasteiger partial charge in [-0.25, -0.2) is 15.0 Å². The number of fused-ring (bicyclic) bond motifs is 1. The molecule has 1 aliphatic carbocycles. The molecular formula is C23H24N8O. The summed E-state index contributed by atoms with van der Waals surface area (Å²) in [5, 5.41) is 15.3. The second kappa shape index (κ2) is 8.16. The maximum Gasteiger partial charge on any atom is 0.233 e. The van der Waals surface area contributed by atoms with E-state index < -0.39 is 0 Å². The average molecular weight is 429 g/mol. The van der Waals surface area contributed by atoms with Crippen molar-refractivity contribution in [3.05, 3.63) is 42.9 Å². The fourth-order valence-electron chi connectivity index (χ4n) is 3.98. The van der Waals surface area contributed by atoms with Crippen molar-refractivity contribution in [2.45, 2.75) is 37.8 Å². The standard InChI is InChI=1S/C23H24N8O/c1-2-16(11-24-8-1)32-21-13-25-12-20(28-21)22-17-10-14(3-6-19(17)30-31-22)18-7-9-26-23(29-18)27-15-4-5-15/h3,6-7,9-10,12-13,15-16,24H,1-2,4-5,8,11H2,(H,30,31)(H,26,27,29). The molecule has 6 rings (SSSR count). The van der Waals surface area contributed by atoms with Gasteiger partial charge in [-0.3, -0.25) is 10.1 Å². The summed E-state index contributed by atoms with van der Waals surface area (Å²) in [5.41, 5.74) is 4.21.